The molecule has 3 rings (SSSR count). The van der Waals surface area contributed by atoms with E-state index in [-0.39, 0.29) is 11.8 Å². The number of fused-ring (bicyclic) bond motifs is 1. The van der Waals surface area contributed by atoms with Crippen LogP contribution < -0.4 is 20.9 Å². The SMILES string of the molecule is CCNC(=NCC1CC(=O)Nc2ccccc21)NCCN(CC)c1cccc(C)c1. The molecule has 0 radical (unpaired) electrons. The van der Waals surface area contributed by atoms with Gasteiger partial charge in [-0.05, 0) is 50.1 Å². The molecule has 1 amide bonds. The summed E-state index contributed by atoms with van der Waals surface area (Å²) in [6.07, 6.45) is 0.469. The minimum absolute atomic E-state index is 0.0589. The van der Waals surface area contributed by atoms with Crippen molar-refractivity contribution in [3.63, 3.8) is 0 Å². The molecular weight excluding hydrogens is 374 g/mol. The molecule has 0 fully saturated rings. The number of aliphatic imine (C=N–C) groups is 1. The summed E-state index contributed by atoms with van der Waals surface area (Å²) in [7, 11) is 0. The molecule has 0 spiro atoms. The maximum Gasteiger partial charge on any atom is 0.225 e. The third-order valence-corrected chi connectivity index (χ3v) is 5.34. The lowest BCUT2D eigenvalue weighted by Crippen LogP contribution is -2.42. The number of anilines is 2. The summed E-state index contributed by atoms with van der Waals surface area (Å²) >= 11 is 0. The predicted molar refractivity (Wildman–Crippen MR) is 125 cm³/mol. The second-order valence-corrected chi connectivity index (χ2v) is 7.60. The third kappa shape index (κ3) is 5.75. The second kappa shape index (κ2) is 10.7. The Hall–Kier alpha value is -3.02. The highest BCUT2D eigenvalue weighted by Crippen LogP contribution is 2.31. The Labute approximate surface area is 179 Å². The number of likely N-dealkylation sites (N-methyl/N-ethyl adjacent to an activating group) is 1. The van der Waals surface area contributed by atoms with Gasteiger partial charge in [-0.2, -0.15) is 0 Å². The zero-order valence-corrected chi connectivity index (χ0v) is 18.2. The van der Waals surface area contributed by atoms with Gasteiger partial charge in [0.1, 0.15) is 0 Å². The standard InChI is InChI=1S/C24H33N5O/c1-4-25-24(26-13-14-29(5-2)20-10-8-9-18(3)15-20)27-17-19-16-23(30)28-22-12-7-6-11-21(19)22/h6-12,15,19H,4-5,13-14,16-17H2,1-3H3,(H,28,30)(H2,25,26,27). The lowest BCUT2D eigenvalue weighted by atomic mass is 9.91. The van der Waals surface area contributed by atoms with Gasteiger partial charge in [-0.25, -0.2) is 0 Å². The van der Waals surface area contributed by atoms with Crippen LogP contribution in [0.25, 0.3) is 0 Å². The number of carbonyl (C=O) groups excluding carboxylic acids is 1. The molecule has 1 atom stereocenters. The lowest BCUT2D eigenvalue weighted by Gasteiger charge is -2.25. The van der Waals surface area contributed by atoms with Gasteiger partial charge in [0, 0.05) is 49.9 Å². The Balaban J connectivity index is 1.60. The van der Waals surface area contributed by atoms with Crippen LogP contribution in [-0.4, -0.2) is 44.6 Å². The van der Waals surface area contributed by atoms with Crippen molar-refractivity contribution in [3.8, 4) is 0 Å². The van der Waals surface area contributed by atoms with Crippen LogP contribution in [0.5, 0.6) is 0 Å². The van der Waals surface area contributed by atoms with E-state index in [1.165, 1.54) is 11.3 Å². The van der Waals surface area contributed by atoms with E-state index in [1.54, 1.807) is 0 Å². The monoisotopic (exact) mass is 407 g/mol. The van der Waals surface area contributed by atoms with Crippen LogP contribution in [-0.2, 0) is 4.79 Å². The van der Waals surface area contributed by atoms with E-state index >= 15 is 0 Å². The van der Waals surface area contributed by atoms with Crippen molar-refractivity contribution in [2.45, 2.75) is 33.1 Å². The van der Waals surface area contributed by atoms with Gasteiger partial charge in [-0.15, -0.1) is 0 Å². The van der Waals surface area contributed by atoms with Crippen molar-refractivity contribution in [3.05, 3.63) is 59.7 Å². The minimum atomic E-state index is 0.0589. The van der Waals surface area contributed by atoms with E-state index in [2.05, 4.69) is 72.0 Å². The molecule has 1 heterocycles. The van der Waals surface area contributed by atoms with Crippen LogP contribution in [0.4, 0.5) is 11.4 Å². The summed E-state index contributed by atoms with van der Waals surface area (Å²) in [6.45, 7) is 10.4. The molecule has 160 valence electrons. The van der Waals surface area contributed by atoms with Gasteiger partial charge >= 0.3 is 0 Å². The molecule has 6 heteroatoms. The summed E-state index contributed by atoms with van der Waals surface area (Å²) in [5.41, 5.74) is 4.58. The smallest absolute Gasteiger partial charge is 0.225 e. The number of nitrogens with zero attached hydrogens (tertiary/aromatic N) is 2. The van der Waals surface area contributed by atoms with Gasteiger partial charge in [0.25, 0.3) is 0 Å². The molecule has 0 bridgehead atoms. The summed E-state index contributed by atoms with van der Waals surface area (Å²) in [4.78, 5) is 19.2. The number of guanidine groups is 1. The van der Waals surface area contributed by atoms with Gasteiger partial charge in [0.05, 0.1) is 6.54 Å². The first kappa shape index (κ1) is 21.7. The van der Waals surface area contributed by atoms with E-state index < -0.39 is 0 Å². The summed E-state index contributed by atoms with van der Waals surface area (Å²) in [5, 5.41) is 9.71. The van der Waals surface area contributed by atoms with Gasteiger partial charge < -0.3 is 20.9 Å². The molecule has 0 saturated carbocycles. The summed E-state index contributed by atoms with van der Waals surface area (Å²) < 4.78 is 0. The van der Waals surface area contributed by atoms with Crippen molar-refractivity contribution in [2.24, 2.45) is 4.99 Å². The molecule has 0 saturated heterocycles. The van der Waals surface area contributed by atoms with E-state index in [9.17, 15) is 4.79 Å². The Morgan fingerprint density at radius 1 is 1.17 bits per heavy atom. The highest BCUT2D eigenvalue weighted by atomic mass is 16.1. The molecular formula is C24H33N5O. The van der Waals surface area contributed by atoms with Crippen molar-refractivity contribution >= 4 is 23.2 Å². The van der Waals surface area contributed by atoms with Crippen molar-refractivity contribution in [2.75, 3.05) is 42.9 Å². The zero-order valence-electron chi connectivity index (χ0n) is 18.2. The zero-order chi connectivity index (χ0) is 21.3. The first-order valence-electron chi connectivity index (χ1n) is 10.8. The number of rotatable bonds is 8. The number of nitrogens with one attached hydrogen (secondary N) is 3. The average Bonchev–Trinajstić information content (AvgIpc) is 2.74. The van der Waals surface area contributed by atoms with Crippen LogP contribution in [0.3, 0.4) is 0 Å². The number of para-hydroxylation sites is 1. The van der Waals surface area contributed by atoms with Crippen LogP contribution in [0.1, 0.15) is 37.3 Å². The van der Waals surface area contributed by atoms with Crippen LogP contribution in [0, 0.1) is 6.92 Å². The van der Waals surface area contributed by atoms with E-state index in [1.807, 2.05) is 18.2 Å². The Kier molecular flexibility index (Phi) is 7.71. The van der Waals surface area contributed by atoms with Crippen LogP contribution in [0.15, 0.2) is 53.5 Å². The molecule has 6 nitrogen and oxygen atoms in total. The molecule has 3 N–H and O–H groups in total. The van der Waals surface area contributed by atoms with E-state index in [4.69, 9.17) is 4.99 Å². The molecule has 1 aliphatic rings. The summed E-state index contributed by atoms with van der Waals surface area (Å²) in [5.74, 6) is 0.953. The number of aryl methyl sites for hydroxylation is 1. The second-order valence-electron chi connectivity index (χ2n) is 7.60. The molecule has 2 aromatic rings. The van der Waals surface area contributed by atoms with Gasteiger partial charge in [0.2, 0.25) is 5.91 Å². The minimum Gasteiger partial charge on any atom is -0.370 e. The molecule has 1 aliphatic heterocycles. The highest BCUT2D eigenvalue weighted by Gasteiger charge is 2.24. The quantitative estimate of drug-likeness (QED) is 0.463. The molecule has 30 heavy (non-hydrogen) atoms. The Morgan fingerprint density at radius 2 is 2.00 bits per heavy atom. The van der Waals surface area contributed by atoms with Crippen molar-refractivity contribution in [1.29, 1.82) is 0 Å². The molecule has 2 aromatic carbocycles. The number of carbonyl (C=O) groups is 1. The lowest BCUT2D eigenvalue weighted by molar-refractivity contribution is -0.116. The average molecular weight is 408 g/mol. The number of amides is 1. The number of hydrogen-bond donors (Lipinski definition) is 3. The maximum atomic E-state index is 12.0. The normalized spacial score (nSPS) is 15.9. The van der Waals surface area contributed by atoms with Crippen LogP contribution >= 0.6 is 0 Å². The fourth-order valence-electron chi connectivity index (χ4n) is 3.81. The number of benzene rings is 2. The van der Waals surface area contributed by atoms with Gasteiger partial charge in [-0.1, -0.05) is 30.3 Å². The topological polar surface area (TPSA) is 68.8 Å². The van der Waals surface area contributed by atoms with Crippen LogP contribution in [0.2, 0.25) is 0 Å². The van der Waals surface area contributed by atoms with Gasteiger partial charge in [-0.3, -0.25) is 9.79 Å². The third-order valence-electron chi connectivity index (χ3n) is 5.34. The number of hydrogen-bond acceptors (Lipinski definition) is 3. The molecule has 1 unspecified atom stereocenters. The summed E-state index contributed by atoms with van der Waals surface area (Å²) in [6, 6.07) is 16.6. The molecule has 0 aromatic heterocycles. The Morgan fingerprint density at radius 3 is 2.77 bits per heavy atom. The Bertz CT molecular complexity index is 879. The fraction of sp³-hybridized carbons (Fsp3) is 0.417. The first-order valence-corrected chi connectivity index (χ1v) is 10.8. The largest absolute Gasteiger partial charge is 0.370 e. The van der Waals surface area contributed by atoms with E-state index in [0.29, 0.717) is 13.0 Å². The highest BCUT2D eigenvalue weighted by molar-refractivity contribution is 5.94. The fourth-order valence-corrected chi connectivity index (χ4v) is 3.81. The maximum absolute atomic E-state index is 12.0. The van der Waals surface area contributed by atoms with E-state index in [0.717, 1.165) is 43.4 Å². The van der Waals surface area contributed by atoms with Crippen molar-refractivity contribution < 1.29 is 4.79 Å². The van der Waals surface area contributed by atoms with Gasteiger partial charge in [0.15, 0.2) is 5.96 Å². The predicted octanol–water partition coefficient (Wildman–Crippen LogP) is 3.50. The molecule has 0 aliphatic carbocycles. The first-order chi connectivity index (χ1) is 14.6. The van der Waals surface area contributed by atoms with Crippen molar-refractivity contribution in [1.82, 2.24) is 10.6 Å².